The van der Waals surface area contributed by atoms with Crippen molar-refractivity contribution in [2.45, 2.75) is 16.6 Å². The molecule has 0 aliphatic carbocycles. The number of rotatable bonds is 7. The first-order valence-electron chi connectivity index (χ1n) is 9.72. The molecular weight excluding hydrogens is 382 g/mol. The highest BCUT2D eigenvalue weighted by Gasteiger charge is 2.21. The van der Waals surface area contributed by atoms with Gasteiger partial charge >= 0.3 is 0 Å². The van der Waals surface area contributed by atoms with Crippen molar-refractivity contribution in [3.63, 3.8) is 0 Å². The van der Waals surface area contributed by atoms with Gasteiger partial charge in [-0.2, -0.15) is 0 Å². The van der Waals surface area contributed by atoms with Gasteiger partial charge in [-0.3, -0.25) is 4.79 Å². The maximum absolute atomic E-state index is 13.0. The minimum Gasteiger partial charge on any atom is -0.486 e. The zero-order valence-corrected chi connectivity index (χ0v) is 16.9. The summed E-state index contributed by atoms with van der Waals surface area (Å²) in [6.45, 7) is 1.72. The van der Waals surface area contributed by atoms with Crippen LogP contribution in [-0.2, 0) is 11.2 Å². The number of thioether (sulfide) groups is 1. The SMILES string of the molecule is O=C(NCCc1ccc2c(c1)OCCO2)[C@@H](Sc1ccccc1)c1ccccc1. The van der Waals surface area contributed by atoms with Gasteiger partial charge in [0, 0.05) is 11.4 Å². The monoisotopic (exact) mass is 405 g/mol. The van der Waals surface area contributed by atoms with Gasteiger partial charge in [0.2, 0.25) is 5.91 Å². The van der Waals surface area contributed by atoms with Gasteiger partial charge in [-0.15, -0.1) is 11.8 Å². The van der Waals surface area contributed by atoms with Crippen molar-refractivity contribution in [3.05, 3.63) is 90.0 Å². The predicted octanol–water partition coefficient (Wildman–Crippen LogP) is 4.65. The summed E-state index contributed by atoms with van der Waals surface area (Å²) in [4.78, 5) is 14.1. The molecule has 1 heterocycles. The molecular formula is C24H23NO3S. The third-order valence-corrected chi connectivity index (χ3v) is 5.92. The van der Waals surface area contributed by atoms with Gasteiger partial charge in [0.15, 0.2) is 11.5 Å². The molecule has 5 heteroatoms. The maximum atomic E-state index is 13.0. The first-order chi connectivity index (χ1) is 14.3. The molecule has 1 amide bonds. The second-order valence-corrected chi connectivity index (χ2v) is 7.92. The highest BCUT2D eigenvalue weighted by Crippen LogP contribution is 2.35. The van der Waals surface area contributed by atoms with Crippen molar-refractivity contribution in [2.75, 3.05) is 19.8 Å². The Bertz CT molecular complexity index is 947. The fraction of sp³-hybridized carbons (Fsp3) is 0.208. The van der Waals surface area contributed by atoms with Crippen LogP contribution in [0.2, 0.25) is 0 Å². The number of amides is 1. The Kier molecular flexibility index (Phi) is 6.37. The molecule has 1 N–H and O–H groups in total. The van der Waals surface area contributed by atoms with E-state index in [0.717, 1.165) is 33.9 Å². The summed E-state index contributed by atoms with van der Waals surface area (Å²) in [5, 5.41) is 2.81. The Morgan fingerprint density at radius 3 is 2.34 bits per heavy atom. The lowest BCUT2D eigenvalue weighted by molar-refractivity contribution is -0.120. The molecule has 4 rings (SSSR count). The molecule has 0 spiro atoms. The molecule has 0 bridgehead atoms. The summed E-state index contributed by atoms with van der Waals surface area (Å²) >= 11 is 1.57. The van der Waals surface area contributed by atoms with Crippen LogP contribution >= 0.6 is 11.8 Å². The normalized spacial score (nSPS) is 13.5. The van der Waals surface area contributed by atoms with Crippen LogP contribution in [0.4, 0.5) is 0 Å². The summed E-state index contributed by atoms with van der Waals surface area (Å²) in [5.41, 5.74) is 2.11. The average molecular weight is 406 g/mol. The lowest BCUT2D eigenvalue weighted by Crippen LogP contribution is -2.29. The number of nitrogens with one attached hydrogen (secondary N) is 1. The third-order valence-electron chi connectivity index (χ3n) is 4.66. The summed E-state index contributed by atoms with van der Waals surface area (Å²) in [5.74, 6) is 1.58. The Labute approximate surface area is 175 Å². The van der Waals surface area contributed by atoms with E-state index < -0.39 is 0 Å². The molecule has 1 atom stereocenters. The standard InChI is InChI=1S/C24H23NO3S/c26-24(25-14-13-18-11-12-21-22(17-18)28-16-15-27-21)23(19-7-3-1-4-8-19)29-20-9-5-2-6-10-20/h1-12,17,23H,13-16H2,(H,25,26)/t23-/m0/s1. The molecule has 0 saturated carbocycles. The number of carbonyl (C=O) groups excluding carboxylic acids is 1. The lowest BCUT2D eigenvalue weighted by Gasteiger charge is -2.19. The highest BCUT2D eigenvalue weighted by molar-refractivity contribution is 8.00. The molecule has 0 fully saturated rings. The number of fused-ring (bicyclic) bond motifs is 1. The topological polar surface area (TPSA) is 47.6 Å². The Hall–Kier alpha value is -2.92. The summed E-state index contributed by atoms with van der Waals surface area (Å²) in [7, 11) is 0. The van der Waals surface area contributed by atoms with E-state index >= 15 is 0 Å². The van der Waals surface area contributed by atoms with Gasteiger partial charge < -0.3 is 14.8 Å². The van der Waals surface area contributed by atoms with E-state index in [0.29, 0.717) is 19.8 Å². The molecule has 0 aromatic heterocycles. The smallest absolute Gasteiger partial charge is 0.238 e. The van der Waals surface area contributed by atoms with Crippen LogP contribution in [-0.4, -0.2) is 25.7 Å². The van der Waals surface area contributed by atoms with Gasteiger partial charge in [-0.25, -0.2) is 0 Å². The predicted molar refractivity (Wildman–Crippen MR) is 116 cm³/mol. The van der Waals surface area contributed by atoms with E-state index in [4.69, 9.17) is 9.47 Å². The van der Waals surface area contributed by atoms with Gasteiger partial charge in [0.05, 0.1) is 0 Å². The van der Waals surface area contributed by atoms with Crippen LogP contribution < -0.4 is 14.8 Å². The van der Waals surface area contributed by atoms with Crippen LogP contribution in [0, 0.1) is 0 Å². The molecule has 1 aliphatic rings. The zero-order valence-electron chi connectivity index (χ0n) is 16.0. The van der Waals surface area contributed by atoms with Crippen molar-refractivity contribution < 1.29 is 14.3 Å². The summed E-state index contributed by atoms with van der Waals surface area (Å²) in [6.07, 6.45) is 0.736. The molecule has 0 radical (unpaired) electrons. The van der Waals surface area contributed by atoms with Crippen molar-refractivity contribution in [2.24, 2.45) is 0 Å². The van der Waals surface area contributed by atoms with Crippen molar-refractivity contribution in [1.82, 2.24) is 5.32 Å². The van der Waals surface area contributed by atoms with Crippen LogP contribution in [0.5, 0.6) is 11.5 Å². The zero-order chi connectivity index (χ0) is 19.9. The highest BCUT2D eigenvalue weighted by atomic mass is 32.2. The van der Waals surface area contributed by atoms with E-state index in [9.17, 15) is 4.79 Å². The lowest BCUT2D eigenvalue weighted by atomic mass is 10.1. The van der Waals surface area contributed by atoms with Crippen LogP contribution in [0.3, 0.4) is 0 Å². The largest absolute Gasteiger partial charge is 0.486 e. The fourth-order valence-electron chi connectivity index (χ4n) is 3.20. The number of hydrogen-bond donors (Lipinski definition) is 1. The van der Waals surface area contributed by atoms with Gasteiger partial charge in [-0.1, -0.05) is 54.6 Å². The van der Waals surface area contributed by atoms with Crippen LogP contribution in [0.25, 0.3) is 0 Å². The Balaban J connectivity index is 1.40. The van der Waals surface area contributed by atoms with Gasteiger partial charge in [0.1, 0.15) is 18.5 Å². The van der Waals surface area contributed by atoms with Crippen molar-refractivity contribution in [1.29, 1.82) is 0 Å². The maximum Gasteiger partial charge on any atom is 0.238 e. The molecule has 0 saturated heterocycles. The first-order valence-corrected chi connectivity index (χ1v) is 10.6. The first kappa shape index (κ1) is 19.4. The Morgan fingerprint density at radius 1 is 0.897 bits per heavy atom. The molecule has 0 unspecified atom stereocenters. The molecule has 3 aromatic rings. The van der Waals surface area contributed by atoms with E-state index in [1.807, 2.05) is 78.9 Å². The molecule has 1 aliphatic heterocycles. The average Bonchev–Trinajstić information content (AvgIpc) is 2.78. The number of hydrogen-bond acceptors (Lipinski definition) is 4. The number of carbonyl (C=O) groups is 1. The minimum atomic E-state index is -0.293. The number of benzene rings is 3. The quantitative estimate of drug-likeness (QED) is 0.581. The van der Waals surface area contributed by atoms with Gasteiger partial charge in [-0.05, 0) is 41.8 Å². The third kappa shape index (κ3) is 5.12. The second-order valence-electron chi connectivity index (χ2n) is 6.74. The van der Waals surface area contributed by atoms with E-state index in [2.05, 4.69) is 5.32 Å². The second kappa shape index (κ2) is 9.52. The molecule has 29 heavy (non-hydrogen) atoms. The minimum absolute atomic E-state index is 0.0163. The van der Waals surface area contributed by atoms with Gasteiger partial charge in [0.25, 0.3) is 0 Å². The van der Waals surface area contributed by atoms with Crippen molar-refractivity contribution >= 4 is 17.7 Å². The van der Waals surface area contributed by atoms with E-state index in [1.54, 1.807) is 11.8 Å². The summed E-state index contributed by atoms with van der Waals surface area (Å²) in [6, 6.07) is 25.9. The van der Waals surface area contributed by atoms with E-state index in [-0.39, 0.29) is 11.2 Å². The fourth-order valence-corrected chi connectivity index (χ4v) is 4.27. The molecule has 148 valence electrons. The molecule has 4 nitrogen and oxygen atoms in total. The summed E-state index contributed by atoms with van der Waals surface area (Å²) < 4.78 is 11.2. The number of ether oxygens (including phenoxy) is 2. The molecule has 3 aromatic carbocycles. The Morgan fingerprint density at radius 2 is 1.59 bits per heavy atom. The van der Waals surface area contributed by atoms with E-state index in [1.165, 1.54) is 0 Å². The van der Waals surface area contributed by atoms with Crippen LogP contribution in [0.1, 0.15) is 16.4 Å². The van der Waals surface area contributed by atoms with Crippen molar-refractivity contribution in [3.8, 4) is 11.5 Å². The van der Waals surface area contributed by atoms with Crippen LogP contribution in [0.15, 0.2) is 83.8 Å².